The Morgan fingerprint density at radius 1 is 1.44 bits per heavy atom. The minimum absolute atomic E-state index is 0.147. The summed E-state index contributed by atoms with van der Waals surface area (Å²) < 4.78 is 1.000. The van der Waals surface area contributed by atoms with E-state index < -0.39 is 0 Å². The summed E-state index contributed by atoms with van der Waals surface area (Å²) in [4.78, 5) is 15.1. The second-order valence-corrected chi connectivity index (χ2v) is 7.75. The number of nitrogens with zero attached hydrogens (tertiary/aromatic N) is 1. The van der Waals surface area contributed by atoms with Crippen LogP contribution in [0.1, 0.15) is 22.5 Å². The largest absolute Gasteiger partial charge is 0.393 e. The summed E-state index contributed by atoms with van der Waals surface area (Å²) in [5, 5.41) is 9.86. The lowest BCUT2D eigenvalue weighted by Crippen LogP contribution is -2.29. The smallest absolute Gasteiger partial charge is 0.186 e. The van der Waals surface area contributed by atoms with Gasteiger partial charge in [0.25, 0.3) is 0 Å². The maximum Gasteiger partial charge on any atom is 0.186 e. The highest BCUT2D eigenvalue weighted by molar-refractivity contribution is 9.11. The molecular formula is C13H16BrNO2S. The minimum atomic E-state index is -0.147. The molecule has 1 aromatic rings. The van der Waals surface area contributed by atoms with Crippen molar-refractivity contribution in [3.05, 3.63) is 20.8 Å². The summed E-state index contributed by atoms with van der Waals surface area (Å²) >= 11 is 4.87. The number of hydrogen-bond donors (Lipinski definition) is 1. The topological polar surface area (TPSA) is 40.5 Å². The van der Waals surface area contributed by atoms with Gasteiger partial charge in [0, 0.05) is 19.0 Å². The van der Waals surface area contributed by atoms with Crippen LogP contribution in [0.15, 0.2) is 15.9 Å². The fourth-order valence-electron chi connectivity index (χ4n) is 3.20. The fourth-order valence-corrected chi connectivity index (χ4v) is 4.52. The predicted molar refractivity (Wildman–Crippen MR) is 75.0 cm³/mol. The van der Waals surface area contributed by atoms with Crippen LogP contribution in [0.3, 0.4) is 0 Å². The summed E-state index contributed by atoms with van der Waals surface area (Å²) in [6, 6.07) is 3.79. The molecule has 0 aromatic carbocycles. The first-order valence-corrected chi connectivity index (χ1v) is 7.93. The molecule has 18 heavy (non-hydrogen) atoms. The molecule has 3 atom stereocenters. The number of fused-ring (bicyclic) bond motifs is 1. The fraction of sp³-hybridized carbons (Fsp3) is 0.615. The van der Waals surface area contributed by atoms with Gasteiger partial charge in [-0.2, -0.15) is 0 Å². The maximum absolute atomic E-state index is 12.1. The Morgan fingerprint density at radius 3 is 2.94 bits per heavy atom. The number of aliphatic hydroxyl groups excluding tert-OH is 1. The highest BCUT2D eigenvalue weighted by Crippen LogP contribution is 2.38. The van der Waals surface area contributed by atoms with Crippen molar-refractivity contribution in [2.75, 3.05) is 19.6 Å². The van der Waals surface area contributed by atoms with Crippen molar-refractivity contribution in [2.45, 2.75) is 18.9 Å². The SMILES string of the molecule is O=C(CN1CC2CCC(O)C2C1)c1ccc(Br)s1. The molecule has 2 heterocycles. The van der Waals surface area contributed by atoms with Gasteiger partial charge in [-0.1, -0.05) is 0 Å². The van der Waals surface area contributed by atoms with Gasteiger partial charge < -0.3 is 5.11 Å². The molecule has 0 bridgehead atoms. The number of ketones is 1. The molecule has 3 unspecified atom stereocenters. The molecule has 0 spiro atoms. The number of Topliss-reactive ketones (excluding diaryl/α,β-unsaturated/α-hetero) is 1. The Balaban J connectivity index is 1.60. The Kier molecular flexibility index (Phi) is 3.58. The normalized spacial score (nSPS) is 31.8. The third-order valence-electron chi connectivity index (χ3n) is 4.11. The van der Waals surface area contributed by atoms with Crippen LogP contribution >= 0.6 is 27.3 Å². The van der Waals surface area contributed by atoms with Crippen molar-refractivity contribution < 1.29 is 9.90 Å². The van der Waals surface area contributed by atoms with Gasteiger partial charge in [-0.15, -0.1) is 11.3 Å². The second-order valence-electron chi connectivity index (χ2n) is 5.29. The molecule has 1 aromatic heterocycles. The molecule has 1 saturated carbocycles. The molecule has 1 aliphatic carbocycles. The van der Waals surface area contributed by atoms with Crippen molar-refractivity contribution in [3.8, 4) is 0 Å². The first-order valence-electron chi connectivity index (χ1n) is 6.32. The summed E-state index contributed by atoms with van der Waals surface area (Å²) in [5.41, 5.74) is 0. The summed E-state index contributed by atoms with van der Waals surface area (Å²) in [5.74, 6) is 1.19. The lowest BCUT2D eigenvalue weighted by atomic mass is 10.00. The van der Waals surface area contributed by atoms with Crippen molar-refractivity contribution in [1.29, 1.82) is 0 Å². The molecule has 2 aliphatic rings. The molecule has 0 amide bonds. The van der Waals surface area contributed by atoms with Gasteiger partial charge in [0.1, 0.15) is 0 Å². The molecule has 98 valence electrons. The summed E-state index contributed by atoms with van der Waals surface area (Å²) in [6.07, 6.45) is 1.90. The van der Waals surface area contributed by atoms with E-state index in [1.54, 1.807) is 0 Å². The van der Waals surface area contributed by atoms with Crippen LogP contribution in [0.4, 0.5) is 0 Å². The van der Waals surface area contributed by atoms with E-state index in [9.17, 15) is 9.90 Å². The average molecular weight is 330 g/mol. The zero-order valence-corrected chi connectivity index (χ0v) is 12.4. The Bertz CT molecular complexity index is 462. The minimum Gasteiger partial charge on any atom is -0.393 e. The number of thiophene rings is 1. The van der Waals surface area contributed by atoms with E-state index >= 15 is 0 Å². The zero-order chi connectivity index (χ0) is 12.7. The zero-order valence-electron chi connectivity index (χ0n) is 10.0. The van der Waals surface area contributed by atoms with Gasteiger partial charge in [0.15, 0.2) is 5.78 Å². The standard InChI is InChI=1S/C13H16BrNO2S/c14-13-4-3-12(18-13)11(17)7-15-5-8-1-2-10(16)9(8)6-15/h3-4,8-10,16H,1-2,5-7H2. The quantitative estimate of drug-likeness (QED) is 0.865. The van der Waals surface area contributed by atoms with E-state index in [-0.39, 0.29) is 11.9 Å². The first kappa shape index (κ1) is 12.8. The van der Waals surface area contributed by atoms with E-state index in [0.717, 1.165) is 34.6 Å². The van der Waals surface area contributed by atoms with Crippen molar-refractivity contribution >= 4 is 33.0 Å². The highest BCUT2D eigenvalue weighted by Gasteiger charge is 2.42. The van der Waals surface area contributed by atoms with Crippen LogP contribution in [-0.2, 0) is 0 Å². The molecule has 3 nitrogen and oxygen atoms in total. The molecular weight excluding hydrogens is 314 g/mol. The van der Waals surface area contributed by atoms with E-state index in [1.165, 1.54) is 11.3 Å². The van der Waals surface area contributed by atoms with Crippen LogP contribution in [0.2, 0.25) is 0 Å². The third kappa shape index (κ3) is 2.41. The van der Waals surface area contributed by atoms with E-state index in [2.05, 4.69) is 20.8 Å². The Morgan fingerprint density at radius 2 is 2.28 bits per heavy atom. The number of likely N-dealkylation sites (tertiary alicyclic amines) is 1. The second kappa shape index (κ2) is 5.04. The molecule has 2 fully saturated rings. The molecule has 1 saturated heterocycles. The maximum atomic E-state index is 12.1. The molecule has 1 aliphatic heterocycles. The van der Waals surface area contributed by atoms with Gasteiger partial charge in [-0.3, -0.25) is 9.69 Å². The van der Waals surface area contributed by atoms with Gasteiger partial charge in [0.05, 0.1) is 21.3 Å². The number of aliphatic hydroxyl groups is 1. The van der Waals surface area contributed by atoms with Gasteiger partial charge >= 0.3 is 0 Å². The van der Waals surface area contributed by atoms with Crippen LogP contribution < -0.4 is 0 Å². The average Bonchev–Trinajstić information content (AvgIpc) is 2.98. The lowest BCUT2D eigenvalue weighted by molar-refractivity contribution is 0.0923. The highest BCUT2D eigenvalue weighted by atomic mass is 79.9. The van der Waals surface area contributed by atoms with Crippen molar-refractivity contribution in [3.63, 3.8) is 0 Å². The molecule has 0 radical (unpaired) electrons. The van der Waals surface area contributed by atoms with Gasteiger partial charge in [-0.25, -0.2) is 0 Å². The Hall–Kier alpha value is -0.230. The third-order valence-corrected chi connectivity index (χ3v) is 5.77. The summed E-state index contributed by atoms with van der Waals surface area (Å²) in [6.45, 7) is 2.34. The molecule has 5 heteroatoms. The first-order chi connectivity index (χ1) is 8.63. The summed E-state index contributed by atoms with van der Waals surface area (Å²) in [7, 11) is 0. The van der Waals surface area contributed by atoms with Crippen LogP contribution in [0.5, 0.6) is 0 Å². The number of rotatable bonds is 3. The lowest BCUT2D eigenvalue weighted by Gasteiger charge is -2.16. The number of hydrogen-bond acceptors (Lipinski definition) is 4. The van der Waals surface area contributed by atoms with Gasteiger partial charge in [-0.05, 0) is 46.8 Å². The van der Waals surface area contributed by atoms with Crippen LogP contribution in [-0.4, -0.2) is 41.5 Å². The number of carbonyl (C=O) groups excluding carboxylic acids is 1. The van der Waals surface area contributed by atoms with Crippen molar-refractivity contribution in [1.82, 2.24) is 4.90 Å². The molecule has 3 rings (SSSR count). The molecule has 1 N–H and O–H groups in total. The van der Waals surface area contributed by atoms with E-state index in [4.69, 9.17) is 0 Å². The monoisotopic (exact) mass is 329 g/mol. The van der Waals surface area contributed by atoms with E-state index in [0.29, 0.717) is 18.4 Å². The van der Waals surface area contributed by atoms with Crippen molar-refractivity contribution in [2.24, 2.45) is 11.8 Å². The number of halogens is 1. The predicted octanol–water partition coefficient (Wildman–Crippen LogP) is 2.40. The van der Waals surface area contributed by atoms with Crippen LogP contribution in [0.25, 0.3) is 0 Å². The van der Waals surface area contributed by atoms with Gasteiger partial charge in [0.2, 0.25) is 0 Å². The van der Waals surface area contributed by atoms with Crippen LogP contribution in [0, 0.1) is 11.8 Å². The Labute approximate surface area is 119 Å². The van der Waals surface area contributed by atoms with E-state index in [1.807, 2.05) is 12.1 Å². The number of carbonyl (C=O) groups is 1.